The van der Waals surface area contributed by atoms with Crippen LogP contribution >= 0.6 is 23.4 Å². The number of thioether (sulfide) groups is 1. The van der Waals surface area contributed by atoms with E-state index in [9.17, 15) is 4.79 Å². The van der Waals surface area contributed by atoms with Crippen molar-refractivity contribution >= 4 is 47.1 Å². The first kappa shape index (κ1) is 25.1. The first-order valence-corrected chi connectivity index (χ1v) is 12.3. The fraction of sp³-hybridized carbons (Fsp3) is 0.120. The number of para-hydroxylation sites is 2. The topological polar surface area (TPSA) is 119 Å². The number of nitrogens with two attached hydrogens (primary N) is 1. The van der Waals surface area contributed by atoms with Crippen LogP contribution < -0.4 is 21.3 Å². The molecule has 11 heteroatoms. The number of nitrogen functional groups attached to an aromatic ring is 1. The number of aromatic nitrogens is 3. The lowest BCUT2D eigenvalue weighted by Crippen LogP contribution is -2.17. The molecule has 0 radical (unpaired) electrons. The van der Waals surface area contributed by atoms with Crippen molar-refractivity contribution in [2.24, 2.45) is 5.10 Å². The van der Waals surface area contributed by atoms with Crippen LogP contribution in [0.25, 0.3) is 0 Å². The van der Waals surface area contributed by atoms with Gasteiger partial charge < -0.3 is 15.9 Å². The van der Waals surface area contributed by atoms with Crippen molar-refractivity contribution in [2.45, 2.75) is 18.7 Å². The SMILES string of the molecule is Cc1ccccc1NC(=O)CSc1nnc(N/N=C/c2ccccc2OCc2ccc(Cl)cc2)n1N. The van der Waals surface area contributed by atoms with Crippen LogP contribution in [0.15, 0.2) is 83.1 Å². The second-order valence-corrected chi connectivity index (χ2v) is 9.03. The number of hydrogen-bond donors (Lipinski definition) is 3. The lowest BCUT2D eigenvalue weighted by Gasteiger charge is -2.09. The minimum absolute atomic E-state index is 0.130. The molecule has 4 rings (SSSR count). The number of rotatable bonds is 10. The zero-order chi connectivity index (χ0) is 25.3. The summed E-state index contributed by atoms with van der Waals surface area (Å²) in [5.74, 6) is 6.93. The summed E-state index contributed by atoms with van der Waals surface area (Å²) in [6.07, 6.45) is 1.61. The fourth-order valence-corrected chi connectivity index (χ4v) is 3.88. The molecule has 0 aliphatic carbocycles. The van der Waals surface area contributed by atoms with E-state index in [1.807, 2.05) is 79.7 Å². The maximum absolute atomic E-state index is 12.3. The van der Waals surface area contributed by atoms with Gasteiger partial charge in [-0.3, -0.25) is 4.79 Å². The number of hydrazone groups is 1. The number of benzene rings is 3. The molecule has 4 aromatic rings. The van der Waals surface area contributed by atoms with Gasteiger partial charge in [0.2, 0.25) is 11.1 Å². The minimum Gasteiger partial charge on any atom is -0.488 e. The third kappa shape index (κ3) is 6.77. The monoisotopic (exact) mass is 521 g/mol. The van der Waals surface area contributed by atoms with Gasteiger partial charge in [-0.25, -0.2) is 10.1 Å². The Morgan fingerprint density at radius 1 is 1.11 bits per heavy atom. The zero-order valence-electron chi connectivity index (χ0n) is 19.4. The summed E-state index contributed by atoms with van der Waals surface area (Å²) in [5.41, 5.74) is 6.30. The van der Waals surface area contributed by atoms with E-state index in [0.717, 1.165) is 22.4 Å². The van der Waals surface area contributed by atoms with Crippen molar-refractivity contribution in [1.82, 2.24) is 14.9 Å². The van der Waals surface area contributed by atoms with Gasteiger partial charge in [-0.05, 0) is 48.4 Å². The van der Waals surface area contributed by atoms with E-state index in [2.05, 4.69) is 26.0 Å². The van der Waals surface area contributed by atoms with Crippen LogP contribution in [0.4, 0.5) is 11.6 Å². The number of aryl methyl sites for hydroxylation is 1. The summed E-state index contributed by atoms with van der Waals surface area (Å²) in [5, 5.41) is 16.2. The van der Waals surface area contributed by atoms with E-state index in [0.29, 0.717) is 22.5 Å². The molecule has 3 aromatic carbocycles. The largest absolute Gasteiger partial charge is 0.488 e. The van der Waals surface area contributed by atoms with Crippen LogP contribution in [0.3, 0.4) is 0 Å². The number of anilines is 2. The van der Waals surface area contributed by atoms with Gasteiger partial charge >= 0.3 is 0 Å². The number of halogens is 1. The maximum Gasteiger partial charge on any atom is 0.264 e. The molecule has 0 unspecified atom stereocenters. The van der Waals surface area contributed by atoms with Gasteiger partial charge in [0.05, 0.1) is 12.0 Å². The van der Waals surface area contributed by atoms with E-state index < -0.39 is 0 Å². The quantitative estimate of drug-likeness (QED) is 0.120. The molecule has 0 fully saturated rings. The van der Waals surface area contributed by atoms with E-state index in [1.54, 1.807) is 6.21 Å². The molecule has 0 aliphatic heterocycles. The van der Waals surface area contributed by atoms with Crippen LogP contribution in [0.2, 0.25) is 5.02 Å². The number of hydrogen-bond acceptors (Lipinski definition) is 8. The third-order valence-electron chi connectivity index (χ3n) is 5.01. The Morgan fingerprint density at radius 2 is 1.86 bits per heavy atom. The molecular formula is C25H24ClN7O2S. The van der Waals surface area contributed by atoms with Crippen LogP contribution in [0, 0.1) is 6.92 Å². The zero-order valence-corrected chi connectivity index (χ0v) is 21.0. The predicted octanol–water partition coefficient (Wildman–Crippen LogP) is 4.71. The lowest BCUT2D eigenvalue weighted by molar-refractivity contribution is -0.113. The molecular weight excluding hydrogens is 498 g/mol. The molecule has 0 saturated heterocycles. The molecule has 1 aromatic heterocycles. The molecule has 0 spiro atoms. The van der Waals surface area contributed by atoms with Crippen molar-refractivity contribution in [3.8, 4) is 5.75 Å². The Hall–Kier alpha value is -4.02. The Morgan fingerprint density at radius 3 is 2.67 bits per heavy atom. The Bertz CT molecular complexity index is 1360. The molecule has 4 N–H and O–H groups in total. The predicted molar refractivity (Wildman–Crippen MR) is 144 cm³/mol. The maximum atomic E-state index is 12.3. The standard InChI is InChI=1S/C25H24ClN7O2S/c1-17-6-2-4-8-21(17)29-23(34)16-36-25-32-31-24(33(25)27)30-28-14-19-7-3-5-9-22(19)35-15-18-10-12-20(26)13-11-18/h2-14H,15-16,27H2,1H3,(H,29,34)(H,30,31)/b28-14+. The minimum atomic E-state index is -0.167. The highest BCUT2D eigenvalue weighted by atomic mass is 35.5. The molecule has 0 atom stereocenters. The Balaban J connectivity index is 1.31. The summed E-state index contributed by atoms with van der Waals surface area (Å²) in [4.78, 5) is 12.3. The van der Waals surface area contributed by atoms with Gasteiger partial charge in [0.1, 0.15) is 12.4 Å². The second kappa shape index (κ2) is 12.1. The van der Waals surface area contributed by atoms with Gasteiger partial charge in [0.25, 0.3) is 5.95 Å². The Labute approximate surface area is 217 Å². The van der Waals surface area contributed by atoms with Gasteiger partial charge in [0, 0.05) is 16.3 Å². The van der Waals surface area contributed by atoms with Crippen molar-refractivity contribution in [3.05, 3.63) is 94.5 Å². The van der Waals surface area contributed by atoms with Crippen molar-refractivity contribution < 1.29 is 9.53 Å². The Kier molecular flexibility index (Phi) is 8.43. The van der Waals surface area contributed by atoms with E-state index >= 15 is 0 Å². The molecule has 9 nitrogen and oxygen atoms in total. The number of nitrogens with one attached hydrogen (secondary N) is 2. The van der Waals surface area contributed by atoms with Crippen molar-refractivity contribution in [3.63, 3.8) is 0 Å². The van der Waals surface area contributed by atoms with Crippen molar-refractivity contribution in [2.75, 3.05) is 22.3 Å². The smallest absolute Gasteiger partial charge is 0.264 e. The summed E-state index contributed by atoms with van der Waals surface area (Å²) in [6, 6.07) is 22.6. The normalized spacial score (nSPS) is 10.9. The second-order valence-electron chi connectivity index (χ2n) is 7.65. The summed E-state index contributed by atoms with van der Waals surface area (Å²) < 4.78 is 7.18. The first-order chi connectivity index (χ1) is 17.5. The number of carbonyl (C=O) groups is 1. The van der Waals surface area contributed by atoms with Crippen LogP contribution in [0.1, 0.15) is 16.7 Å². The highest BCUT2D eigenvalue weighted by Crippen LogP contribution is 2.20. The molecule has 0 saturated carbocycles. The van der Waals surface area contributed by atoms with E-state index in [1.165, 1.54) is 16.4 Å². The van der Waals surface area contributed by atoms with Gasteiger partial charge in [-0.15, -0.1) is 10.2 Å². The highest BCUT2D eigenvalue weighted by Gasteiger charge is 2.12. The average molecular weight is 522 g/mol. The molecule has 36 heavy (non-hydrogen) atoms. The molecule has 1 amide bonds. The summed E-state index contributed by atoms with van der Waals surface area (Å²) in [6.45, 7) is 2.33. The lowest BCUT2D eigenvalue weighted by atomic mass is 10.2. The highest BCUT2D eigenvalue weighted by molar-refractivity contribution is 7.99. The van der Waals surface area contributed by atoms with E-state index in [4.69, 9.17) is 22.2 Å². The number of carbonyl (C=O) groups excluding carboxylic acids is 1. The van der Waals surface area contributed by atoms with E-state index in [-0.39, 0.29) is 17.6 Å². The van der Waals surface area contributed by atoms with Gasteiger partial charge in [-0.1, -0.05) is 65.8 Å². The molecule has 0 aliphatic rings. The van der Waals surface area contributed by atoms with Crippen LogP contribution in [0.5, 0.6) is 5.75 Å². The summed E-state index contributed by atoms with van der Waals surface area (Å²) >= 11 is 7.11. The number of amides is 1. The molecule has 1 heterocycles. The average Bonchev–Trinajstić information content (AvgIpc) is 3.23. The van der Waals surface area contributed by atoms with Gasteiger partial charge in [0.15, 0.2) is 0 Å². The molecule has 0 bridgehead atoms. The van der Waals surface area contributed by atoms with Crippen molar-refractivity contribution in [1.29, 1.82) is 0 Å². The third-order valence-corrected chi connectivity index (χ3v) is 6.21. The fourth-order valence-electron chi connectivity index (χ4n) is 3.10. The number of ether oxygens (including phenoxy) is 1. The van der Waals surface area contributed by atoms with Crippen LogP contribution in [-0.2, 0) is 11.4 Å². The first-order valence-electron chi connectivity index (χ1n) is 10.9. The number of nitrogens with zero attached hydrogens (tertiary/aromatic N) is 4. The molecule has 184 valence electrons. The van der Waals surface area contributed by atoms with Gasteiger partial charge in [-0.2, -0.15) is 5.10 Å². The van der Waals surface area contributed by atoms with Crippen LogP contribution in [-0.4, -0.2) is 32.7 Å². The summed E-state index contributed by atoms with van der Waals surface area (Å²) in [7, 11) is 0.